The number of carbonyl (C=O) groups is 2. The number of carbonyl (C=O) groups excluding carboxylic acids is 2. The van der Waals surface area contributed by atoms with Crippen LogP contribution in [0.1, 0.15) is 37.7 Å². The first-order chi connectivity index (χ1) is 14.9. The van der Waals surface area contributed by atoms with Gasteiger partial charge in [0, 0.05) is 58.2 Å². The predicted molar refractivity (Wildman–Crippen MR) is 115 cm³/mol. The molecule has 1 aliphatic carbocycles. The van der Waals surface area contributed by atoms with Gasteiger partial charge in [-0.1, -0.05) is 17.7 Å². The Morgan fingerprint density at radius 3 is 2.81 bits per heavy atom. The molecule has 1 aromatic heterocycles. The summed E-state index contributed by atoms with van der Waals surface area (Å²) in [5, 5.41) is 17.6. The first kappa shape index (κ1) is 20.7. The zero-order valence-electron chi connectivity index (χ0n) is 16.6. The molecule has 2 aliphatic rings. The molecular formula is C22H19ClN4O4. The number of anilines is 1. The number of nitrogens with one attached hydrogen (secondary N) is 2. The van der Waals surface area contributed by atoms with Crippen LogP contribution in [0.25, 0.3) is 0 Å². The van der Waals surface area contributed by atoms with Crippen LogP contribution in [0.15, 0.2) is 65.1 Å². The maximum Gasteiger partial charge on any atom is 0.269 e. The second-order valence-electron chi connectivity index (χ2n) is 7.40. The Hall–Kier alpha value is -3.52. The number of rotatable bonds is 4. The standard InChI is InChI=1S/C22H19ClN4O4/c1-12-19(22(29)26-18-7-2-3-10-24-18)20(21-16(25-12)5-4-6-17(21)28)14-11-13(27(30)31)8-9-15(14)23/h2-3,7-11,20,25H,4-6H2,1H3,(H,24,26,29)/t20-/m0/s1. The average Bonchev–Trinajstić information content (AvgIpc) is 2.74. The smallest absolute Gasteiger partial charge is 0.269 e. The molecule has 1 amide bonds. The number of pyridine rings is 1. The Morgan fingerprint density at radius 2 is 2.10 bits per heavy atom. The van der Waals surface area contributed by atoms with E-state index in [1.54, 1.807) is 31.3 Å². The van der Waals surface area contributed by atoms with Crippen molar-refractivity contribution in [2.24, 2.45) is 0 Å². The zero-order chi connectivity index (χ0) is 22.1. The fourth-order valence-electron chi connectivity index (χ4n) is 4.08. The maximum absolute atomic E-state index is 13.3. The van der Waals surface area contributed by atoms with Gasteiger partial charge in [-0.2, -0.15) is 0 Å². The number of halogens is 1. The number of ketones is 1. The van der Waals surface area contributed by atoms with Crippen molar-refractivity contribution in [3.05, 3.63) is 85.8 Å². The quantitative estimate of drug-likeness (QED) is 0.544. The van der Waals surface area contributed by atoms with Gasteiger partial charge < -0.3 is 10.6 Å². The second-order valence-corrected chi connectivity index (χ2v) is 7.80. The van der Waals surface area contributed by atoms with E-state index in [-0.39, 0.29) is 22.1 Å². The first-order valence-electron chi connectivity index (χ1n) is 9.77. The third-order valence-corrected chi connectivity index (χ3v) is 5.77. The third-order valence-electron chi connectivity index (χ3n) is 5.43. The topological polar surface area (TPSA) is 114 Å². The van der Waals surface area contributed by atoms with Gasteiger partial charge in [-0.15, -0.1) is 0 Å². The van der Waals surface area contributed by atoms with E-state index in [1.807, 2.05) is 0 Å². The van der Waals surface area contributed by atoms with E-state index in [0.29, 0.717) is 41.9 Å². The molecule has 31 heavy (non-hydrogen) atoms. The highest BCUT2D eigenvalue weighted by atomic mass is 35.5. The number of Topliss-reactive ketones (excluding diaryl/α,β-unsaturated/α-hetero) is 1. The summed E-state index contributed by atoms with van der Waals surface area (Å²) in [6.45, 7) is 1.74. The second kappa shape index (κ2) is 8.31. The van der Waals surface area contributed by atoms with Crippen LogP contribution in [0.5, 0.6) is 0 Å². The molecule has 4 rings (SSSR count). The van der Waals surface area contributed by atoms with Crippen molar-refractivity contribution in [3.63, 3.8) is 0 Å². The molecule has 2 heterocycles. The van der Waals surface area contributed by atoms with Crippen molar-refractivity contribution in [3.8, 4) is 0 Å². The Kier molecular flexibility index (Phi) is 5.56. The molecule has 2 aromatic rings. The van der Waals surface area contributed by atoms with Crippen molar-refractivity contribution in [2.45, 2.75) is 32.1 Å². The number of nitro benzene ring substituents is 1. The van der Waals surface area contributed by atoms with Gasteiger partial charge in [0.1, 0.15) is 5.82 Å². The number of nitrogens with zero attached hydrogens (tertiary/aromatic N) is 2. The number of aromatic nitrogens is 1. The van der Waals surface area contributed by atoms with Crippen LogP contribution in [-0.2, 0) is 9.59 Å². The molecule has 1 aliphatic heterocycles. The Labute approximate surface area is 183 Å². The number of hydrogen-bond donors (Lipinski definition) is 2. The molecule has 9 heteroatoms. The molecular weight excluding hydrogens is 420 g/mol. The van der Waals surface area contributed by atoms with Gasteiger partial charge in [0.25, 0.3) is 11.6 Å². The summed E-state index contributed by atoms with van der Waals surface area (Å²) in [7, 11) is 0. The minimum absolute atomic E-state index is 0.100. The van der Waals surface area contributed by atoms with E-state index in [1.165, 1.54) is 18.2 Å². The largest absolute Gasteiger partial charge is 0.362 e. The van der Waals surface area contributed by atoms with Crippen LogP contribution in [-0.4, -0.2) is 21.6 Å². The lowest BCUT2D eigenvalue weighted by atomic mass is 9.75. The van der Waals surface area contributed by atoms with Crippen molar-refractivity contribution >= 4 is 34.8 Å². The van der Waals surface area contributed by atoms with Gasteiger partial charge in [-0.05, 0) is 43.5 Å². The van der Waals surface area contributed by atoms with Crippen molar-refractivity contribution in [1.82, 2.24) is 10.3 Å². The van der Waals surface area contributed by atoms with Gasteiger partial charge in [-0.3, -0.25) is 19.7 Å². The van der Waals surface area contributed by atoms with E-state index in [4.69, 9.17) is 11.6 Å². The van der Waals surface area contributed by atoms with Crippen LogP contribution in [0.4, 0.5) is 11.5 Å². The molecule has 0 fully saturated rings. The van der Waals surface area contributed by atoms with Crippen LogP contribution in [0.3, 0.4) is 0 Å². The molecule has 1 atom stereocenters. The molecule has 0 saturated carbocycles. The summed E-state index contributed by atoms with van der Waals surface area (Å²) in [5.41, 5.74) is 2.20. The summed E-state index contributed by atoms with van der Waals surface area (Å²) in [4.78, 5) is 41.2. The van der Waals surface area contributed by atoms with E-state index < -0.39 is 16.7 Å². The zero-order valence-corrected chi connectivity index (χ0v) is 17.4. The molecule has 158 valence electrons. The number of non-ortho nitro benzene ring substituents is 1. The highest BCUT2D eigenvalue weighted by molar-refractivity contribution is 6.31. The van der Waals surface area contributed by atoms with Crippen LogP contribution in [0.2, 0.25) is 5.02 Å². The number of amides is 1. The van der Waals surface area contributed by atoms with Gasteiger partial charge >= 0.3 is 0 Å². The third kappa shape index (κ3) is 3.94. The average molecular weight is 439 g/mol. The van der Waals surface area contributed by atoms with Crippen LogP contribution in [0, 0.1) is 10.1 Å². The molecule has 1 aromatic carbocycles. The molecule has 0 unspecified atom stereocenters. The molecule has 2 N–H and O–H groups in total. The monoisotopic (exact) mass is 438 g/mol. The molecule has 0 bridgehead atoms. The molecule has 8 nitrogen and oxygen atoms in total. The fourth-order valence-corrected chi connectivity index (χ4v) is 4.31. The minimum atomic E-state index is -0.819. The highest BCUT2D eigenvalue weighted by Crippen LogP contribution is 2.45. The lowest BCUT2D eigenvalue weighted by Gasteiger charge is -2.34. The molecule has 0 saturated heterocycles. The number of benzene rings is 1. The normalized spacial score (nSPS) is 18.4. The van der Waals surface area contributed by atoms with Crippen molar-refractivity contribution in [2.75, 3.05) is 5.32 Å². The Bertz CT molecular complexity index is 1160. The summed E-state index contributed by atoms with van der Waals surface area (Å²) < 4.78 is 0. The number of allylic oxidation sites excluding steroid dienone is 3. The first-order valence-corrected chi connectivity index (χ1v) is 10.1. The highest BCUT2D eigenvalue weighted by Gasteiger charge is 2.39. The maximum atomic E-state index is 13.3. The Balaban J connectivity index is 1.87. The van der Waals surface area contributed by atoms with E-state index in [2.05, 4.69) is 15.6 Å². The molecule has 0 radical (unpaired) electrons. The predicted octanol–water partition coefficient (Wildman–Crippen LogP) is 4.25. The van der Waals surface area contributed by atoms with Gasteiger partial charge in [0.2, 0.25) is 0 Å². The number of nitro groups is 1. The Morgan fingerprint density at radius 1 is 1.29 bits per heavy atom. The van der Waals surface area contributed by atoms with E-state index in [0.717, 1.165) is 5.70 Å². The van der Waals surface area contributed by atoms with Crippen LogP contribution >= 0.6 is 11.6 Å². The van der Waals surface area contributed by atoms with Crippen molar-refractivity contribution < 1.29 is 14.5 Å². The lowest BCUT2D eigenvalue weighted by Crippen LogP contribution is -2.35. The SMILES string of the molecule is CC1=C(C(=O)Nc2ccccn2)[C@H](c2cc([N+](=O)[O-])ccc2Cl)C2=C(CCCC2=O)N1. The van der Waals surface area contributed by atoms with E-state index in [9.17, 15) is 19.7 Å². The molecule has 0 spiro atoms. The van der Waals surface area contributed by atoms with Gasteiger partial charge in [-0.25, -0.2) is 4.98 Å². The van der Waals surface area contributed by atoms with Crippen molar-refractivity contribution in [1.29, 1.82) is 0 Å². The van der Waals surface area contributed by atoms with Gasteiger partial charge in [0.05, 0.1) is 4.92 Å². The summed E-state index contributed by atoms with van der Waals surface area (Å²) in [6, 6.07) is 9.18. The fraction of sp³-hybridized carbons (Fsp3) is 0.227. The summed E-state index contributed by atoms with van der Waals surface area (Å²) in [6.07, 6.45) is 3.24. The number of hydrogen-bond acceptors (Lipinski definition) is 6. The van der Waals surface area contributed by atoms with E-state index >= 15 is 0 Å². The minimum Gasteiger partial charge on any atom is -0.362 e. The summed E-state index contributed by atoms with van der Waals surface area (Å²) >= 11 is 6.45. The number of dihydropyridines is 1. The van der Waals surface area contributed by atoms with Crippen LogP contribution < -0.4 is 10.6 Å². The van der Waals surface area contributed by atoms with Gasteiger partial charge in [0.15, 0.2) is 5.78 Å². The summed E-state index contributed by atoms with van der Waals surface area (Å²) in [5.74, 6) is -1.02. The lowest BCUT2D eigenvalue weighted by molar-refractivity contribution is -0.384.